The number of oxazole rings is 1. The van der Waals surface area contributed by atoms with E-state index in [4.69, 9.17) is 14.1 Å². The lowest BCUT2D eigenvalue weighted by Crippen LogP contribution is -2.34. The van der Waals surface area contributed by atoms with Crippen molar-refractivity contribution in [3.8, 4) is 17.2 Å². The first-order valence-corrected chi connectivity index (χ1v) is 9.55. The van der Waals surface area contributed by atoms with Crippen LogP contribution < -0.4 is 4.74 Å². The van der Waals surface area contributed by atoms with Crippen LogP contribution in [0.3, 0.4) is 0 Å². The predicted molar refractivity (Wildman–Crippen MR) is 106 cm³/mol. The highest BCUT2D eigenvalue weighted by atomic mass is 16.5. The fourth-order valence-electron chi connectivity index (χ4n) is 3.86. The van der Waals surface area contributed by atoms with Gasteiger partial charge in [0.1, 0.15) is 11.5 Å². The topological polar surface area (TPSA) is 58.7 Å². The lowest BCUT2D eigenvalue weighted by molar-refractivity contribution is 0.126. The van der Waals surface area contributed by atoms with Gasteiger partial charge in [-0.3, -0.25) is 4.90 Å². The Kier molecular flexibility index (Phi) is 5.14. The van der Waals surface area contributed by atoms with Gasteiger partial charge in [0.15, 0.2) is 0 Å². The first-order chi connectivity index (χ1) is 13.2. The number of hydrogen-bond donors (Lipinski definition) is 1. The number of ether oxygens (including phenoxy) is 1. The molecule has 1 aromatic heterocycles. The van der Waals surface area contributed by atoms with E-state index >= 15 is 0 Å². The molecular formula is C22H26N2O3. The van der Waals surface area contributed by atoms with Crippen molar-refractivity contribution in [2.75, 3.05) is 26.8 Å². The van der Waals surface area contributed by atoms with Gasteiger partial charge in [-0.25, -0.2) is 4.98 Å². The van der Waals surface area contributed by atoms with E-state index in [1.165, 1.54) is 0 Å². The summed E-state index contributed by atoms with van der Waals surface area (Å²) in [5, 5.41) is 11.4. The lowest BCUT2D eigenvalue weighted by atomic mass is 9.98. The highest BCUT2D eigenvalue weighted by molar-refractivity contribution is 5.98. The zero-order valence-corrected chi connectivity index (χ0v) is 15.9. The van der Waals surface area contributed by atoms with Crippen LogP contribution in [0.15, 0.2) is 40.8 Å². The third-order valence-corrected chi connectivity index (χ3v) is 5.57. The van der Waals surface area contributed by atoms with Gasteiger partial charge in [-0.15, -0.1) is 0 Å². The molecule has 4 rings (SSSR count). The van der Waals surface area contributed by atoms with E-state index in [9.17, 15) is 5.11 Å². The van der Waals surface area contributed by atoms with Crippen molar-refractivity contribution in [2.45, 2.75) is 26.3 Å². The molecule has 0 radical (unpaired) electrons. The average Bonchev–Trinajstić information content (AvgIpc) is 3.07. The zero-order chi connectivity index (χ0) is 18.8. The van der Waals surface area contributed by atoms with Gasteiger partial charge in [0.2, 0.25) is 5.89 Å². The molecule has 0 aliphatic carbocycles. The smallest absolute Gasteiger partial charge is 0.227 e. The maximum atomic E-state index is 9.31. The zero-order valence-electron chi connectivity index (χ0n) is 15.9. The molecule has 0 bridgehead atoms. The molecule has 0 atom stereocenters. The first kappa shape index (κ1) is 18.0. The number of rotatable bonds is 5. The number of aryl methyl sites for hydroxylation is 1. The summed E-state index contributed by atoms with van der Waals surface area (Å²) in [5.41, 5.74) is 1.98. The highest BCUT2D eigenvalue weighted by Crippen LogP contribution is 2.35. The van der Waals surface area contributed by atoms with Crippen LogP contribution in [0.1, 0.15) is 24.3 Å². The van der Waals surface area contributed by atoms with Gasteiger partial charge in [0.05, 0.1) is 12.8 Å². The summed E-state index contributed by atoms with van der Waals surface area (Å²) in [6.07, 6.45) is 2.09. The summed E-state index contributed by atoms with van der Waals surface area (Å²) in [5.74, 6) is 2.83. The quantitative estimate of drug-likeness (QED) is 0.739. The molecule has 27 heavy (non-hydrogen) atoms. The predicted octanol–water partition coefficient (Wildman–Crippen LogP) is 4.02. The standard InChI is InChI=1S/C22H26N2O3/c1-15-20(13-24-11-9-16(14-25)10-12-24)23-22(27-15)19-7-8-21(26-2)18-6-4-3-5-17(18)19/h3-8,16,25H,9-14H2,1-2H3. The Hall–Kier alpha value is -2.37. The molecule has 142 valence electrons. The van der Waals surface area contributed by atoms with Gasteiger partial charge in [0.25, 0.3) is 0 Å². The number of hydrogen-bond acceptors (Lipinski definition) is 5. The SMILES string of the molecule is COc1ccc(-c2nc(CN3CCC(CO)CC3)c(C)o2)c2ccccc12. The Morgan fingerprint density at radius 3 is 2.59 bits per heavy atom. The van der Waals surface area contributed by atoms with Crippen molar-refractivity contribution in [1.82, 2.24) is 9.88 Å². The minimum atomic E-state index is 0.297. The number of piperidine rings is 1. The van der Waals surface area contributed by atoms with E-state index in [0.717, 1.165) is 66.0 Å². The monoisotopic (exact) mass is 366 g/mol. The number of likely N-dealkylation sites (tertiary alicyclic amines) is 1. The number of benzene rings is 2. The van der Waals surface area contributed by atoms with E-state index in [1.54, 1.807) is 7.11 Å². The normalized spacial score (nSPS) is 16.1. The Morgan fingerprint density at radius 2 is 1.89 bits per heavy atom. The molecule has 3 aromatic rings. The number of methoxy groups -OCH3 is 1. The van der Waals surface area contributed by atoms with Crippen LogP contribution >= 0.6 is 0 Å². The van der Waals surface area contributed by atoms with Crippen LogP contribution in [-0.2, 0) is 6.54 Å². The molecule has 2 heterocycles. The Balaban J connectivity index is 1.61. The van der Waals surface area contributed by atoms with E-state index in [-0.39, 0.29) is 0 Å². The fourth-order valence-corrected chi connectivity index (χ4v) is 3.86. The maximum Gasteiger partial charge on any atom is 0.227 e. The minimum Gasteiger partial charge on any atom is -0.496 e. The summed E-state index contributed by atoms with van der Waals surface area (Å²) in [7, 11) is 1.69. The molecule has 1 aliphatic rings. The molecule has 1 fully saturated rings. The van der Waals surface area contributed by atoms with Crippen LogP contribution in [0.5, 0.6) is 5.75 Å². The van der Waals surface area contributed by atoms with Crippen LogP contribution in [-0.4, -0.2) is 41.8 Å². The summed E-state index contributed by atoms with van der Waals surface area (Å²) in [6, 6.07) is 12.1. The Labute approximate surface area is 159 Å². The van der Waals surface area contributed by atoms with Crippen LogP contribution in [0.2, 0.25) is 0 Å². The van der Waals surface area contributed by atoms with Crippen molar-refractivity contribution in [3.05, 3.63) is 47.9 Å². The number of aliphatic hydroxyl groups is 1. The summed E-state index contributed by atoms with van der Waals surface area (Å²) < 4.78 is 11.5. The van der Waals surface area contributed by atoms with E-state index in [0.29, 0.717) is 18.4 Å². The van der Waals surface area contributed by atoms with Crippen LogP contribution in [0.4, 0.5) is 0 Å². The van der Waals surface area contributed by atoms with Crippen molar-refractivity contribution in [3.63, 3.8) is 0 Å². The molecule has 2 aromatic carbocycles. The largest absolute Gasteiger partial charge is 0.496 e. The van der Waals surface area contributed by atoms with Crippen molar-refractivity contribution in [1.29, 1.82) is 0 Å². The molecule has 1 saturated heterocycles. The van der Waals surface area contributed by atoms with Crippen molar-refractivity contribution >= 4 is 10.8 Å². The number of fused-ring (bicyclic) bond motifs is 1. The van der Waals surface area contributed by atoms with Gasteiger partial charge in [-0.05, 0) is 56.3 Å². The highest BCUT2D eigenvalue weighted by Gasteiger charge is 2.21. The van der Waals surface area contributed by atoms with Crippen LogP contribution in [0, 0.1) is 12.8 Å². The Morgan fingerprint density at radius 1 is 1.15 bits per heavy atom. The van der Waals surface area contributed by atoms with E-state index in [1.807, 2.05) is 31.2 Å². The molecule has 0 amide bonds. The molecule has 0 unspecified atom stereocenters. The third kappa shape index (κ3) is 3.57. The van der Waals surface area contributed by atoms with Gasteiger partial charge < -0.3 is 14.3 Å². The second-order valence-electron chi connectivity index (χ2n) is 7.28. The fraction of sp³-hybridized carbons (Fsp3) is 0.409. The molecule has 5 nitrogen and oxygen atoms in total. The minimum absolute atomic E-state index is 0.297. The molecule has 1 N–H and O–H groups in total. The number of aliphatic hydroxyl groups excluding tert-OH is 1. The molecule has 0 spiro atoms. The van der Waals surface area contributed by atoms with E-state index < -0.39 is 0 Å². The third-order valence-electron chi connectivity index (χ3n) is 5.57. The van der Waals surface area contributed by atoms with Crippen molar-refractivity contribution < 1.29 is 14.3 Å². The van der Waals surface area contributed by atoms with Gasteiger partial charge in [-0.2, -0.15) is 0 Å². The van der Waals surface area contributed by atoms with Gasteiger partial charge in [0, 0.05) is 24.1 Å². The second kappa shape index (κ2) is 7.71. The molecule has 0 saturated carbocycles. The van der Waals surface area contributed by atoms with Crippen molar-refractivity contribution in [2.24, 2.45) is 5.92 Å². The molecule has 1 aliphatic heterocycles. The first-order valence-electron chi connectivity index (χ1n) is 9.55. The maximum absolute atomic E-state index is 9.31. The number of nitrogens with zero attached hydrogens (tertiary/aromatic N) is 2. The summed E-state index contributed by atoms with van der Waals surface area (Å²) in [4.78, 5) is 7.22. The molecule has 5 heteroatoms. The van der Waals surface area contributed by atoms with Crippen LogP contribution in [0.25, 0.3) is 22.2 Å². The number of aromatic nitrogens is 1. The summed E-state index contributed by atoms with van der Waals surface area (Å²) >= 11 is 0. The second-order valence-corrected chi connectivity index (χ2v) is 7.28. The summed E-state index contributed by atoms with van der Waals surface area (Å²) in [6.45, 7) is 5.07. The average molecular weight is 366 g/mol. The lowest BCUT2D eigenvalue weighted by Gasteiger charge is -2.30. The van der Waals surface area contributed by atoms with E-state index in [2.05, 4.69) is 17.0 Å². The van der Waals surface area contributed by atoms with Gasteiger partial charge >= 0.3 is 0 Å². The molecular weight excluding hydrogens is 340 g/mol. The Bertz CT molecular complexity index is 926. The van der Waals surface area contributed by atoms with Gasteiger partial charge in [-0.1, -0.05) is 24.3 Å².